The molecule has 1 aliphatic rings. The van der Waals surface area contributed by atoms with Crippen LogP contribution in [-0.4, -0.2) is 18.6 Å². The lowest BCUT2D eigenvalue weighted by molar-refractivity contribution is 0.990. The fourth-order valence-electron chi connectivity index (χ4n) is 0.537. The first-order chi connectivity index (χ1) is 4.30. The second-order valence-corrected chi connectivity index (χ2v) is 1.66. The number of nitrogens with one attached hydrogen (secondary N) is 2. The third-order valence-corrected chi connectivity index (χ3v) is 0.954. The molecule has 4 heteroatoms. The summed E-state index contributed by atoms with van der Waals surface area (Å²) in [5, 5.41) is 9.83. The predicted molar refractivity (Wildman–Crippen MR) is 36.5 cm³/mol. The molecule has 0 fully saturated rings. The molecule has 0 radical (unpaired) electrons. The Morgan fingerprint density at radius 1 is 1.89 bits per heavy atom. The van der Waals surface area contributed by atoms with Crippen molar-refractivity contribution in [1.82, 2.24) is 5.32 Å². The van der Waals surface area contributed by atoms with Crippen molar-refractivity contribution in [3.8, 4) is 0 Å². The molecule has 0 saturated carbocycles. The second-order valence-electron chi connectivity index (χ2n) is 1.66. The standard InChI is InChI=1S/C5H8N4/c6-5(7)4-3-8-1-2-9-4/h2-3,8H,1H2,(H3,6,7). The molecule has 4 N–H and O–H groups in total. The second kappa shape index (κ2) is 2.30. The lowest BCUT2D eigenvalue weighted by Gasteiger charge is -2.04. The molecule has 0 bridgehead atoms. The van der Waals surface area contributed by atoms with E-state index >= 15 is 0 Å². The first-order valence-electron chi connectivity index (χ1n) is 2.61. The van der Waals surface area contributed by atoms with Crippen LogP contribution < -0.4 is 11.1 Å². The number of nitrogens with zero attached hydrogens (tertiary/aromatic N) is 1. The van der Waals surface area contributed by atoms with Crippen LogP contribution in [0, 0.1) is 5.41 Å². The molecule has 48 valence electrons. The number of nitrogens with two attached hydrogens (primary N) is 1. The van der Waals surface area contributed by atoms with Gasteiger partial charge in [0.25, 0.3) is 0 Å². The average Bonchev–Trinajstić information content (AvgIpc) is 1.90. The van der Waals surface area contributed by atoms with Gasteiger partial charge in [0.05, 0.1) is 0 Å². The van der Waals surface area contributed by atoms with E-state index in [1.54, 1.807) is 12.4 Å². The normalized spacial score (nSPS) is 16.2. The SMILES string of the molecule is N=C(N)C1=CNCC=N1. The zero-order valence-electron chi connectivity index (χ0n) is 4.89. The van der Waals surface area contributed by atoms with Crippen LogP contribution in [0.3, 0.4) is 0 Å². The minimum absolute atomic E-state index is 0.00144. The molecule has 0 saturated heterocycles. The van der Waals surface area contributed by atoms with E-state index in [1.165, 1.54) is 0 Å². The Labute approximate surface area is 53.0 Å². The summed E-state index contributed by atoms with van der Waals surface area (Å²) in [6.07, 6.45) is 3.30. The Morgan fingerprint density at radius 3 is 3.00 bits per heavy atom. The number of amidine groups is 1. The molecule has 0 spiro atoms. The molecular formula is C5H8N4. The van der Waals surface area contributed by atoms with Crippen molar-refractivity contribution in [2.45, 2.75) is 0 Å². The summed E-state index contributed by atoms with van der Waals surface area (Å²) in [6.45, 7) is 0.719. The van der Waals surface area contributed by atoms with Gasteiger partial charge in [0.15, 0.2) is 0 Å². The Balaban J connectivity index is 2.69. The van der Waals surface area contributed by atoms with Crippen LogP contribution >= 0.6 is 0 Å². The van der Waals surface area contributed by atoms with Gasteiger partial charge in [0.2, 0.25) is 0 Å². The Bertz CT molecular complexity index is 179. The number of aliphatic imine (C=N–C) groups is 1. The molecule has 1 heterocycles. The van der Waals surface area contributed by atoms with E-state index < -0.39 is 0 Å². The van der Waals surface area contributed by atoms with E-state index in [0.29, 0.717) is 5.70 Å². The summed E-state index contributed by atoms with van der Waals surface area (Å²) in [5.41, 5.74) is 5.63. The minimum Gasteiger partial charge on any atom is -0.384 e. The smallest absolute Gasteiger partial charge is 0.143 e. The highest BCUT2D eigenvalue weighted by atomic mass is 14.9. The summed E-state index contributed by atoms with van der Waals surface area (Å²) in [7, 11) is 0. The topological polar surface area (TPSA) is 74.3 Å². The Hall–Kier alpha value is -1.32. The number of hydrogen-bond donors (Lipinski definition) is 3. The summed E-state index contributed by atoms with van der Waals surface area (Å²) in [4.78, 5) is 3.85. The summed E-state index contributed by atoms with van der Waals surface area (Å²) < 4.78 is 0. The van der Waals surface area contributed by atoms with Crippen LogP contribution in [0.4, 0.5) is 0 Å². The molecule has 4 nitrogen and oxygen atoms in total. The highest BCUT2D eigenvalue weighted by Gasteiger charge is 1.98. The van der Waals surface area contributed by atoms with Crippen LogP contribution in [-0.2, 0) is 0 Å². The van der Waals surface area contributed by atoms with Gasteiger partial charge < -0.3 is 11.1 Å². The Morgan fingerprint density at radius 2 is 2.67 bits per heavy atom. The van der Waals surface area contributed by atoms with Crippen LogP contribution in [0.1, 0.15) is 0 Å². The lowest BCUT2D eigenvalue weighted by atomic mass is 10.4. The van der Waals surface area contributed by atoms with E-state index in [0.717, 1.165) is 6.54 Å². The molecule has 9 heavy (non-hydrogen) atoms. The third-order valence-electron chi connectivity index (χ3n) is 0.954. The highest BCUT2D eigenvalue weighted by Crippen LogP contribution is 1.94. The zero-order valence-corrected chi connectivity index (χ0v) is 4.89. The van der Waals surface area contributed by atoms with Crippen molar-refractivity contribution in [2.24, 2.45) is 10.7 Å². The van der Waals surface area contributed by atoms with Crippen molar-refractivity contribution in [1.29, 1.82) is 5.41 Å². The van der Waals surface area contributed by atoms with Crippen LogP contribution in [0.5, 0.6) is 0 Å². The predicted octanol–water partition coefficient (Wildman–Crippen LogP) is -0.562. The Kier molecular flexibility index (Phi) is 1.48. The molecular weight excluding hydrogens is 116 g/mol. The van der Waals surface area contributed by atoms with E-state index in [1.807, 2.05) is 0 Å². The molecule has 1 aliphatic heterocycles. The average molecular weight is 124 g/mol. The minimum atomic E-state index is -0.00144. The molecule has 1 rings (SSSR count). The summed E-state index contributed by atoms with van der Waals surface area (Å²) in [5.74, 6) is -0.00144. The van der Waals surface area contributed by atoms with Crippen LogP contribution in [0.2, 0.25) is 0 Å². The van der Waals surface area contributed by atoms with Crippen molar-refractivity contribution in [3.05, 3.63) is 11.9 Å². The van der Waals surface area contributed by atoms with Crippen molar-refractivity contribution >= 4 is 12.1 Å². The van der Waals surface area contributed by atoms with Gasteiger partial charge >= 0.3 is 0 Å². The lowest BCUT2D eigenvalue weighted by Crippen LogP contribution is -2.20. The van der Waals surface area contributed by atoms with E-state index in [4.69, 9.17) is 11.1 Å². The fraction of sp³-hybridized carbons (Fsp3) is 0.200. The monoisotopic (exact) mass is 124 g/mol. The van der Waals surface area contributed by atoms with E-state index in [9.17, 15) is 0 Å². The maximum absolute atomic E-state index is 6.94. The van der Waals surface area contributed by atoms with Gasteiger partial charge in [-0.05, 0) is 0 Å². The van der Waals surface area contributed by atoms with Gasteiger partial charge in [0, 0.05) is 19.0 Å². The summed E-state index contributed by atoms with van der Waals surface area (Å²) >= 11 is 0. The van der Waals surface area contributed by atoms with Gasteiger partial charge in [-0.1, -0.05) is 0 Å². The van der Waals surface area contributed by atoms with Crippen molar-refractivity contribution < 1.29 is 0 Å². The largest absolute Gasteiger partial charge is 0.384 e. The van der Waals surface area contributed by atoms with E-state index in [-0.39, 0.29) is 5.84 Å². The van der Waals surface area contributed by atoms with E-state index in [2.05, 4.69) is 10.3 Å². The first kappa shape index (κ1) is 5.81. The van der Waals surface area contributed by atoms with Gasteiger partial charge in [-0.2, -0.15) is 0 Å². The van der Waals surface area contributed by atoms with Gasteiger partial charge in [-0.15, -0.1) is 0 Å². The maximum atomic E-state index is 6.94. The molecule has 0 aromatic heterocycles. The van der Waals surface area contributed by atoms with Gasteiger partial charge in [0.1, 0.15) is 11.5 Å². The highest BCUT2D eigenvalue weighted by molar-refractivity contribution is 5.95. The van der Waals surface area contributed by atoms with Crippen molar-refractivity contribution in [3.63, 3.8) is 0 Å². The molecule has 0 amide bonds. The quantitative estimate of drug-likeness (QED) is 0.323. The number of rotatable bonds is 1. The fourth-order valence-corrected chi connectivity index (χ4v) is 0.537. The molecule has 0 unspecified atom stereocenters. The van der Waals surface area contributed by atoms with Gasteiger partial charge in [-0.25, -0.2) is 0 Å². The molecule has 0 aliphatic carbocycles. The zero-order chi connectivity index (χ0) is 6.69. The first-order valence-corrected chi connectivity index (χ1v) is 2.61. The van der Waals surface area contributed by atoms with Crippen molar-refractivity contribution in [2.75, 3.05) is 6.54 Å². The maximum Gasteiger partial charge on any atom is 0.143 e. The molecule has 0 aromatic rings. The summed E-state index contributed by atoms with van der Waals surface area (Å²) in [6, 6.07) is 0. The van der Waals surface area contributed by atoms with Crippen LogP contribution in [0.25, 0.3) is 0 Å². The number of hydrogen-bond acceptors (Lipinski definition) is 3. The van der Waals surface area contributed by atoms with Gasteiger partial charge in [-0.3, -0.25) is 10.4 Å². The molecule has 0 atom stereocenters. The third kappa shape index (κ3) is 1.28. The molecule has 0 aromatic carbocycles. The van der Waals surface area contributed by atoms with Crippen LogP contribution in [0.15, 0.2) is 16.9 Å².